The molecule has 0 saturated carbocycles. The summed E-state index contributed by atoms with van der Waals surface area (Å²) in [5, 5.41) is 0. The van der Waals surface area contributed by atoms with E-state index < -0.39 is 0 Å². The predicted octanol–water partition coefficient (Wildman–Crippen LogP) is 6.55. The Hall–Kier alpha value is 0. The second kappa shape index (κ2) is 14.1. The molecular formula is C17H35. The normalized spacial score (nSPS) is 11.3. The lowest BCUT2D eigenvalue weighted by molar-refractivity contribution is 0.440. The number of rotatable bonds is 13. The maximum atomic E-state index is 4.02. The Balaban J connectivity index is 3.03. The van der Waals surface area contributed by atoms with Crippen LogP contribution in [-0.2, 0) is 0 Å². The molecule has 0 fully saturated rings. The number of unbranched alkanes of at least 4 members (excludes halogenated alkanes) is 9. The van der Waals surface area contributed by atoms with Gasteiger partial charge in [0.05, 0.1) is 0 Å². The Morgan fingerprint density at radius 2 is 1.18 bits per heavy atom. The fourth-order valence-corrected chi connectivity index (χ4v) is 2.47. The molecule has 1 radical (unpaired) electrons. The Morgan fingerprint density at radius 3 is 1.59 bits per heavy atom. The summed E-state index contributed by atoms with van der Waals surface area (Å²) in [4.78, 5) is 0. The fraction of sp³-hybridized carbons (Fsp3) is 0.941. The van der Waals surface area contributed by atoms with Crippen molar-refractivity contribution in [1.29, 1.82) is 0 Å². The van der Waals surface area contributed by atoms with Crippen LogP contribution in [0, 0.1) is 12.8 Å². The minimum Gasteiger partial charge on any atom is -0.0654 e. The van der Waals surface area contributed by atoms with Crippen molar-refractivity contribution < 1.29 is 0 Å². The lowest BCUT2D eigenvalue weighted by atomic mass is 9.95. The Bertz CT molecular complexity index is 124. The molecule has 1 unspecified atom stereocenters. The fourth-order valence-electron chi connectivity index (χ4n) is 2.47. The minimum atomic E-state index is 0.893. The van der Waals surface area contributed by atoms with E-state index in [0.717, 1.165) is 12.3 Å². The van der Waals surface area contributed by atoms with Crippen LogP contribution in [0.3, 0.4) is 0 Å². The van der Waals surface area contributed by atoms with Crippen molar-refractivity contribution in [1.82, 2.24) is 0 Å². The SMILES string of the molecule is [CH2]CC(CC)CCCCCCCCCCCC. The van der Waals surface area contributed by atoms with Crippen molar-refractivity contribution in [2.24, 2.45) is 5.92 Å². The molecule has 0 aliphatic rings. The van der Waals surface area contributed by atoms with Crippen LogP contribution >= 0.6 is 0 Å². The van der Waals surface area contributed by atoms with Crippen molar-refractivity contribution in [3.63, 3.8) is 0 Å². The summed E-state index contributed by atoms with van der Waals surface area (Å²) in [6.07, 6.45) is 18.3. The summed E-state index contributed by atoms with van der Waals surface area (Å²) in [5.74, 6) is 0.893. The van der Waals surface area contributed by atoms with E-state index in [-0.39, 0.29) is 0 Å². The van der Waals surface area contributed by atoms with Crippen LogP contribution in [0.2, 0.25) is 0 Å². The lowest BCUT2D eigenvalue weighted by Gasteiger charge is -2.11. The number of hydrogen-bond donors (Lipinski definition) is 0. The zero-order valence-electron chi connectivity index (χ0n) is 12.5. The second-order valence-corrected chi connectivity index (χ2v) is 5.53. The molecule has 0 aliphatic carbocycles. The van der Waals surface area contributed by atoms with Gasteiger partial charge in [-0.25, -0.2) is 0 Å². The highest BCUT2D eigenvalue weighted by Crippen LogP contribution is 2.17. The van der Waals surface area contributed by atoms with Crippen LogP contribution in [0.4, 0.5) is 0 Å². The molecule has 0 aliphatic heterocycles. The molecule has 0 amide bonds. The van der Waals surface area contributed by atoms with Crippen LogP contribution in [0.25, 0.3) is 0 Å². The summed E-state index contributed by atoms with van der Waals surface area (Å²) in [6.45, 7) is 8.61. The lowest BCUT2D eigenvalue weighted by Crippen LogP contribution is -1.96. The maximum absolute atomic E-state index is 4.02. The van der Waals surface area contributed by atoms with Crippen LogP contribution in [0.1, 0.15) is 97.3 Å². The van der Waals surface area contributed by atoms with E-state index >= 15 is 0 Å². The summed E-state index contributed by atoms with van der Waals surface area (Å²) < 4.78 is 0. The van der Waals surface area contributed by atoms with Gasteiger partial charge >= 0.3 is 0 Å². The van der Waals surface area contributed by atoms with Crippen LogP contribution in [-0.4, -0.2) is 0 Å². The highest BCUT2D eigenvalue weighted by Gasteiger charge is 2.02. The van der Waals surface area contributed by atoms with Gasteiger partial charge < -0.3 is 0 Å². The smallest absolute Gasteiger partial charge is 0.0417 e. The van der Waals surface area contributed by atoms with Gasteiger partial charge in [0.1, 0.15) is 0 Å². The average Bonchev–Trinajstić information content (AvgIpc) is 2.36. The molecule has 0 aromatic carbocycles. The van der Waals surface area contributed by atoms with Gasteiger partial charge in [-0.3, -0.25) is 0 Å². The molecule has 103 valence electrons. The number of hydrogen-bond acceptors (Lipinski definition) is 0. The molecular weight excluding hydrogens is 204 g/mol. The van der Waals surface area contributed by atoms with E-state index in [4.69, 9.17) is 0 Å². The van der Waals surface area contributed by atoms with Crippen molar-refractivity contribution in [2.75, 3.05) is 0 Å². The first-order valence-corrected chi connectivity index (χ1v) is 8.14. The van der Waals surface area contributed by atoms with E-state index in [1.165, 1.54) is 77.0 Å². The molecule has 0 heteroatoms. The van der Waals surface area contributed by atoms with Crippen LogP contribution in [0.15, 0.2) is 0 Å². The standard InChI is InChI=1S/C17H35/c1-4-7-8-9-10-11-12-13-14-15-16-17(5-2)6-3/h17H,2,4-16H2,1,3H3. The zero-order chi connectivity index (χ0) is 12.8. The first-order chi connectivity index (χ1) is 8.35. The van der Waals surface area contributed by atoms with Gasteiger partial charge in [-0.05, 0) is 5.92 Å². The topological polar surface area (TPSA) is 0 Å². The van der Waals surface area contributed by atoms with Gasteiger partial charge in [0.15, 0.2) is 0 Å². The maximum Gasteiger partial charge on any atom is -0.0417 e. The van der Waals surface area contributed by atoms with Gasteiger partial charge in [0.2, 0.25) is 0 Å². The molecule has 17 heavy (non-hydrogen) atoms. The molecule has 0 N–H and O–H groups in total. The van der Waals surface area contributed by atoms with Crippen molar-refractivity contribution in [3.8, 4) is 0 Å². The third-order valence-corrected chi connectivity index (χ3v) is 3.95. The molecule has 1 atom stereocenters. The first kappa shape index (κ1) is 17.0. The van der Waals surface area contributed by atoms with Crippen molar-refractivity contribution in [2.45, 2.75) is 97.3 Å². The van der Waals surface area contributed by atoms with Crippen LogP contribution < -0.4 is 0 Å². The molecule has 0 heterocycles. The van der Waals surface area contributed by atoms with Gasteiger partial charge in [-0.15, -0.1) is 0 Å². The Morgan fingerprint density at radius 1 is 0.706 bits per heavy atom. The molecule has 0 saturated heterocycles. The van der Waals surface area contributed by atoms with Crippen molar-refractivity contribution in [3.05, 3.63) is 6.92 Å². The minimum absolute atomic E-state index is 0.893. The molecule has 0 rings (SSSR count). The van der Waals surface area contributed by atoms with E-state index in [1.54, 1.807) is 0 Å². The van der Waals surface area contributed by atoms with Gasteiger partial charge in [0.25, 0.3) is 0 Å². The zero-order valence-corrected chi connectivity index (χ0v) is 12.5. The highest BCUT2D eigenvalue weighted by molar-refractivity contribution is 4.59. The van der Waals surface area contributed by atoms with Crippen LogP contribution in [0.5, 0.6) is 0 Å². The summed E-state index contributed by atoms with van der Waals surface area (Å²) in [6, 6.07) is 0. The Kier molecular flexibility index (Phi) is 14.1. The molecule has 0 nitrogen and oxygen atoms in total. The Labute approximate surface area is 111 Å². The van der Waals surface area contributed by atoms with E-state index in [9.17, 15) is 0 Å². The van der Waals surface area contributed by atoms with E-state index in [0.29, 0.717) is 0 Å². The average molecular weight is 239 g/mol. The summed E-state index contributed by atoms with van der Waals surface area (Å²) >= 11 is 0. The van der Waals surface area contributed by atoms with Gasteiger partial charge in [0, 0.05) is 0 Å². The molecule has 0 spiro atoms. The van der Waals surface area contributed by atoms with E-state index in [1.807, 2.05) is 0 Å². The molecule has 0 bridgehead atoms. The third-order valence-electron chi connectivity index (χ3n) is 3.95. The highest BCUT2D eigenvalue weighted by atomic mass is 14.1. The molecule has 0 aromatic heterocycles. The second-order valence-electron chi connectivity index (χ2n) is 5.53. The predicted molar refractivity (Wildman–Crippen MR) is 80.2 cm³/mol. The van der Waals surface area contributed by atoms with Crippen molar-refractivity contribution >= 4 is 0 Å². The first-order valence-electron chi connectivity index (χ1n) is 8.14. The third kappa shape index (κ3) is 12.2. The monoisotopic (exact) mass is 239 g/mol. The van der Waals surface area contributed by atoms with Gasteiger partial charge in [-0.2, -0.15) is 0 Å². The largest absolute Gasteiger partial charge is 0.0654 e. The summed E-state index contributed by atoms with van der Waals surface area (Å²) in [5.41, 5.74) is 0. The molecule has 0 aromatic rings. The van der Waals surface area contributed by atoms with E-state index in [2.05, 4.69) is 20.8 Å². The van der Waals surface area contributed by atoms with Gasteiger partial charge in [-0.1, -0.05) is 104 Å². The quantitative estimate of drug-likeness (QED) is 0.320. The summed E-state index contributed by atoms with van der Waals surface area (Å²) in [7, 11) is 0.